The summed E-state index contributed by atoms with van der Waals surface area (Å²) >= 11 is 4.65. The second-order valence-electron chi connectivity index (χ2n) is 3.93. The molecule has 3 rings (SSSR count). The third-order valence-corrected chi connectivity index (χ3v) is 3.89. The van der Waals surface area contributed by atoms with E-state index in [0.29, 0.717) is 5.01 Å². The molecule has 0 radical (unpaired) electrons. The number of hydrogen-bond acceptors (Lipinski definition) is 4. The van der Waals surface area contributed by atoms with E-state index in [1.54, 1.807) is 6.07 Å². The van der Waals surface area contributed by atoms with Crippen LogP contribution in [0.1, 0.15) is 5.01 Å². The van der Waals surface area contributed by atoms with Crippen LogP contribution in [0.15, 0.2) is 34.9 Å². The van der Waals surface area contributed by atoms with Gasteiger partial charge < -0.3 is 4.74 Å². The van der Waals surface area contributed by atoms with Crippen molar-refractivity contribution in [2.75, 3.05) is 0 Å². The molecule has 0 bridgehead atoms. The van der Waals surface area contributed by atoms with E-state index in [2.05, 4.69) is 25.9 Å². The van der Waals surface area contributed by atoms with E-state index in [1.165, 1.54) is 17.4 Å². The minimum atomic E-state index is -0.730. The topological polar surface area (TPSA) is 35.0 Å². The molecule has 0 unspecified atom stereocenters. The maximum absolute atomic E-state index is 13.4. The van der Waals surface area contributed by atoms with Gasteiger partial charge in [-0.05, 0) is 40.2 Å². The number of halogens is 3. The summed E-state index contributed by atoms with van der Waals surface area (Å²) in [4.78, 5) is 9.38. The van der Waals surface area contributed by atoms with Gasteiger partial charge in [-0.1, -0.05) is 11.3 Å². The van der Waals surface area contributed by atoms with E-state index in [0.717, 1.165) is 27.1 Å². The first-order valence-corrected chi connectivity index (χ1v) is 7.22. The fourth-order valence-corrected chi connectivity index (χ4v) is 2.91. The van der Waals surface area contributed by atoms with Gasteiger partial charge in [-0.15, -0.1) is 0 Å². The van der Waals surface area contributed by atoms with Crippen LogP contribution in [0.5, 0.6) is 5.75 Å². The van der Waals surface area contributed by atoms with Gasteiger partial charge in [0.05, 0.1) is 0 Å². The number of fused-ring (bicyclic) bond motifs is 1. The van der Waals surface area contributed by atoms with Crippen molar-refractivity contribution in [3.63, 3.8) is 0 Å². The van der Waals surface area contributed by atoms with Crippen LogP contribution in [-0.2, 0) is 6.61 Å². The molecule has 2 aromatic heterocycles. The molecule has 0 spiro atoms. The minimum Gasteiger partial charge on any atom is -0.483 e. The van der Waals surface area contributed by atoms with Crippen molar-refractivity contribution in [1.29, 1.82) is 0 Å². The van der Waals surface area contributed by atoms with E-state index < -0.39 is 11.6 Å². The Balaban J connectivity index is 1.79. The standard InChI is InChI=1S/C13H7BrF2N2OS/c14-11-4-2-9-13(18-11)20-12(17-9)6-19-10-3-1-7(15)5-8(10)16/h1-5H,6H2. The molecule has 1 aromatic carbocycles. The number of ether oxygens (including phenoxy) is 1. The summed E-state index contributed by atoms with van der Waals surface area (Å²) in [6, 6.07) is 6.83. The Bertz CT molecular complexity index is 778. The number of pyridine rings is 1. The Morgan fingerprint density at radius 3 is 2.80 bits per heavy atom. The molecule has 7 heteroatoms. The third-order valence-electron chi connectivity index (χ3n) is 2.51. The molecule has 3 aromatic rings. The average molecular weight is 357 g/mol. The van der Waals surface area contributed by atoms with Crippen LogP contribution < -0.4 is 4.74 Å². The van der Waals surface area contributed by atoms with Crippen LogP contribution in [0.4, 0.5) is 8.78 Å². The van der Waals surface area contributed by atoms with Crippen molar-refractivity contribution < 1.29 is 13.5 Å². The summed E-state index contributed by atoms with van der Waals surface area (Å²) in [5.74, 6) is -1.37. The van der Waals surface area contributed by atoms with Gasteiger partial charge in [0.15, 0.2) is 11.6 Å². The molecule has 102 valence electrons. The summed E-state index contributed by atoms with van der Waals surface area (Å²) in [6.07, 6.45) is 0. The number of aromatic nitrogens is 2. The normalized spacial score (nSPS) is 10.9. The highest BCUT2D eigenvalue weighted by atomic mass is 79.9. The second-order valence-corrected chi connectivity index (χ2v) is 5.80. The van der Waals surface area contributed by atoms with Crippen LogP contribution in [0, 0.1) is 11.6 Å². The zero-order chi connectivity index (χ0) is 14.1. The van der Waals surface area contributed by atoms with E-state index in [1.807, 2.05) is 6.07 Å². The van der Waals surface area contributed by atoms with Crippen LogP contribution in [0.25, 0.3) is 10.3 Å². The number of thiazole rings is 1. The Kier molecular flexibility index (Phi) is 3.62. The summed E-state index contributed by atoms with van der Waals surface area (Å²) in [7, 11) is 0. The molecule has 3 nitrogen and oxygen atoms in total. The van der Waals surface area contributed by atoms with E-state index in [9.17, 15) is 8.78 Å². The molecule has 2 heterocycles. The average Bonchev–Trinajstić information content (AvgIpc) is 2.79. The quantitative estimate of drug-likeness (QED) is 0.656. The monoisotopic (exact) mass is 356 g/mol. The molecular weight excluding hydrogens is 350 g/mol. The summed E-state index contributed by atoms with van der Waals surface area (Å²) in [6.45, 7) is 0.112. The number of nitrogens with zero attached hydrogens (tertiary/aromatic N) is 2. The van der Waals surface area contributed by atoms with Crippen LogP contribution in [0.3, 0.4) is 0 Å². The Labute approximate surface area is 125 Å². The molecule has 0 saturated carbocycles. The summed E-state index contributed by atoms with van der Waals surface area (Å²) in [5.41, 5.74) is 0.761. The van der Waals surface area contributed by atoms with E-state index in [4.69, 9.17) is 4.74 Å². The molecule has 0 aliphatic rings. The minimum absolute atomic E-state index is 0.000189. The van der Waals surface area contributed by atoms with Crippen molar-refractivity contribution in [2.24, 2.45) is 0 Å². The Hall–Kier alpha value is -1.60. The molecule has 0 amide bonds. The molecular formula is C13H7BrF2N2OS. The zero-order valence-electron chi connectivity index (χ0n) is 9.94. The molecule has 0 N–H and O–H groups in total. The highest BCUT2D eigenvalue weighted by molar-refractivity contribution is 9.10. The summed E-state index contributed by atoms with van der Waals surface area (Å²) < 4.78 is 32.2. The van der Waals surface area contributed by atoms with Crippen LogP contribution in [-0.4, -0.2) is 9.97 Å². The number of hydrogen-bond donors (Lipinski definition) is 0. The zero-order valence-corrected chi connectivity index (χ0v) is 12.3. The highest BCUT2D eigenvalue weighted by Gasteiger charge is 2.09. The Morgan fingerprint density at radius 2 is 2.00 bits per heavy atom. The molecule has 20 heavy (non-hydrogen) atoms. The van der Waals surface area contributed by atoms with Gasteiger partial charge in [0, 0.05) is 6.07 Å². The maximum atomic E-state index is 13.4. The third kappa shape index (κ3) is 2.78. The molecule has 0 aliphatic heterocycles. The fraction of sp³-hybridized carbons (Fsp3) is 0.0769. The van der Waals surface area contributed by atoms with Crippen LogP contribution in [0.2, 0.25) is 0 Å². The predicted molar refractivity (Wildman–Crippen MR) is 75.8 cm³/mol. The molecule has 0 atom stereocenters. The summed E-state index contributed by atoms with van der Waals surface area (Å²) in [5, 5.41) is 0.675. The molecule has 0 fully saturated rings. The van der Waals surface area contributed by atoms with Gasteiger partial charge in [-0.2, -0.15) is 0 Å². The van der Waals surface area contributed by atoms with E-state index in [-0.39, 0.29) is 12.4 Å². The van der Waals surface area contributed by atoms with Crippen molar-refractivity contribution in [3.8, 4) is 5.75 Å². The first-order chi connectivity index (χ1) is 9.61. The molecule has 0 aliphatic carbocycles. The maximum Gasteiger partial charge on any atom is 0.167 e. The van der Waals surface area contributed by atoms with Gasteiger partial charge in [0.25, 0.3) is 0 Å². The molecule has 0 saturated heterocycles. The van der Waals surface area contributed by atoms with Gasteiger partial charge in [0.1, 0.15) is 32.4 Å². The lowest BCUT2D eigenvalue weighted by molar-refractivity contribution is 0.289. The number of rotatable bonds is 3. The SMILES string of the molecule is Fc1ccc(OCc2nc3ccc(Br)nc3s2)c(F)c1. The van der Waals surface area contributed by atoms with E-state index >= 15 is 0 Å². The lowest BCUT2D eigenvalue weighted by atomic mass is 10.3. The first-order valence-electron chi connectivity index (χ1n) is 5.61. The lowest BCUT2D eigenvalue weighted by Gasteiger charge is -2.04. The van der Waals surface area contributed by atoms with Gasteiger partial charge in [-0.3, -0.25) is 0 Å². The second kappa shape index (κ2) is 5.41. The van der Waals surface area contributed by atoms with Crippen molar-refractivity contribution in [2.45, 2.75) is 6.61 Å². The van der Waals surface area contributed by atoms with Crippen molar-refractivity contribution in [3.05, 3.63) is 51.6 Å². The van der Waals surface area contributed by atoms with Gasteiger partial charge >= 0.3 is 0 Å². The van der Waals surface area contributed by atoms with Crippen LogP contribution >= 0.6 is 27.3 Å². The van der Waals surface area contributed by atoms with Gasteiger partial charge in [0.2, 0.25) is 0 Å². The fourth-order valence-electron chi connectivity index (χ4n) is 1.63. The first kappa shape index (κ1) is 13.4. The van der Waals surface area contributed by atoms with Gasteiger partial charge in [-0.25, -0.2) is 18.7 Å². The number of benzene rings is 1. The van der Waals surface area contributed by atoms with Crippen molar-refractivity contribution >= 4 is 37.6 Å². The largest absolute Gasteiger partial charge is 0.483 e. The lowest BCUT2D eigenvalue weighted by Crippen LogP contribution is -1.97. The highest BCUT2D eigenvalue weighted by Crippen LogP contribution is 2.24. The van der Waals surface area contributed by atoms with Crippen molar-refractivity contribution in [1.82, 2.24) is 9.97 Å². The Morgan fingerprint density at radius 1 is 1.15 bits per heavy atom. The smallest absolute Gasteiger partial charge is 0.167 e. The predicted octanol–water partition coefficient (Wildman–Crippen LogP) is 4.31.